The molecule has 0 aromatic carbocycles. The molecule has 0 unspecified atom stereocenters. The highest BCUT2D eigenvalue weighted by molar-refractivity contribution is 8.05. The van der Waals surface area contributed by atoms with Gasteiger partial charge >= 0.3 is 0 Å². The van der Waals surface area contributed by atoms with Crippen molar-refractivity contribution in [3.05, 3.63) is 22.6 Å². The Labute approximate surface area is 73.1 Å². The number of nitrogens with two attached hydrogens (primary N) is 1. The summed E-state index contributed by atoms with van der Waals surface area (Å²) < 4.78 is 0. The van der Waals surface area contributed by atoms with Gasteiger partial charge in [0.1, 0.15) is 0 Å². The Morgan fingerprint density at radius 3 is 2.55 bits per heavy atom. The minimum Gasteiger partial charge on any atom is -0.402 e. The Morgan fingerprint density at radius 1 is 1.64 bits per heavy atom. The van der Waals surface area contributed by atoms with Crippen LogP contribution in [0.25, 0.3) is 0 Å². The number of hydrogen-bond acceptors (Lipinski definition) is 3. The lowest BCUT2D eigenvalue weighted by atomic mass is 10.6. The Hall–Kier alpha value is -0.410. The number of allylic oxidation sites excluding steroid dienone is 1. The molecule has 2 nitrogen and oxygen atoms in total. The molecule has 0 heterocycles. The summed E-state index contributed by atoms with van der Waals surface area (Å²) in [5.74, 6) is 0. The predicted molar refractivity (Wildman–Crippen MR) is 53.2 cm³/mol. The predicted octanol–water partition coefficient (Wildman–Crippen LogP) is 1.61. The third-order valence-electron chi connectivity index (χ3n) is 0.904. The normalized spacial score (nSPS) is 12.2. The third-order valence-corrected chi connectivity index (χ3v) is 1.86. The van der Waals surface area contributed by atoms with Gasteiger partial charge in [0.25, 0.3) is 0 Å². The Balaban J connectivity index is 3.62. The molecule has 3 heteroatoms. The zero-order valence-corrected chi connectivity index (χ0v) is 8.24. The highest BCUT2D eigenvalue weighted by Gasteiger charge is 1.94. The molecule has 2 N–H and O–H groups in total. The lowest BCUT2D eigenvalue weighted by Crippen LogP contribution is -2.13. The van der Waals surface area contributed by atoms with E-state index < -0.39 is 0 Å². The van der Waals surface area contributed by atoms with E-state index in [4.69, 9.17) is 5.73 Å². The summed E-state index contributed by atoms with van der Waals surface area (Å²) in [6, 6.07) is 0. The van der Waals surface area contributed by atoms with Gasteiger partial charge in [0.05, 0.1) is 0 Å². The van der Waals surface area contributed by atoms with Gasteiger partial charge in [-0.2, -0.15) is 0 Å². The van der Waals surface area contributed by atoms with Crippen LogP contribution in [-0.2, 0) is 0 Å². The first-order valence-corrected chi connectivity index (χ1v) is 4.31. The minimum absolute atomic E-state index is 0.829. The molecular weight excluding hydrogens is 156 g/mol. The van der Waals surface area contributed by atoms with Crippen molar-refractivity contribution < 1.29 is 0 Å². The van der Waals surface area contributed by atoms with Gasteiger partial charge in [-0.3, -0.25) is 0 Å². The summed E-state index contributed by atoms with van der Waals surface area (Å²) in [6.45, 7) is 6.66. The number of rotatable bonds is 4. The summed E-state index contributed by atoms with van der Waals surface area (Å²) in [4.78, 5) is 3.19. The molecule has 0 aliphatic carbocycles. The minimum atomic E-state index is 0.829. The second-order valence-corrected chi connectivity index (χ2v) is 3.80. The zero-order chi connectivity index (χ0) is 8.85. The van der Waals surface area contributed by atoms with Crippen LogP contribution in [0.2, 0.25) is 0 Å². The molecule has 0 aromatic rings. The quantitative estimate of drug-likeness (QED) is 0.698. The average Bonchev–Trinajstić information content (AvgIpc) is 1.82. The maximum atomic E-state index is 5.46. The van der Waals surface area contributed by atoms with Crippen LogP contribution in [-0.4, -0.2) is 25.5 Å². The molecular formula is C8H16N2S. The monoisotopic (exact) mass is 172 g/mol. The van der Waals surface area contributed by atoms with Gasteiger partial charge in [0, 0.05) is 12.2 Å². The van der Waals surface area contributed by atoms with Crippen LogP contribution in [0.5, 0.6) is 0 Å². The smallest absolute Gasteiger partial charge is 0.0284 e. The zero-order valence-electron chi connectivity index (χ0n) is 7.42. The maximum absolute atomic E-state index is 5.46. The van der Waals surface area contributed by atoms with Gasteiger partial charge in [-0.15, -0.1) is 11.8 Å². The summed E-state index contributed by atoms with van der Waals surface area (Å²) in [5, 5.41) is 1.91. The first-order chi connectivity index (χ1) is 5.02. The van der Waals surface area contributed by atoms with Crippen molar-refractivity contribution >= 4 is 11.8 Å². The van der Waals surface area contributed by atoms with Crippen LogP contribution in [0.4, 0.5) is 0 Å². The average molecular weight is 172 g/mol. The SMILES string of the molecule is C=C(CN(C)C)S/C=C(/C)N. The Bertz CT molecular complexity index is 157. The van der Waals surface area contributed by atoms with E-state index in [0.29, 0.717) is 0 Å². The molecule has 0 aliphatic heterocycles. The van der Waals surface area contributed by atoms with Crippen molar-refractivity contribution in [2.24, 2.45) is 5.73 Å². The fraction of sp³-hybridized carbons (Fsp3) is 0.500. The van der Waals surface area contributed by atoms with E-state index in [2.05, 4.69) is 11.5 Å². The molecule has 11 heavy (non-hydrogen) atoms. The molecule has 0 rings (SSSR count). The largest absolute Gasteiger partial charge is 0.402 e. The van der Waals surface area contributed by atoms with Crippen molar-refractivity contribution in [3.8, 4) is 0 Å². The van der Waals surface area contributed by atoms with Crippen LogP contribution in [0.3, 0.4) is 0 Å². The number of nitrogens with zero attached hydrogens (tertiary/aromatic N) is 1. The molecule has 0 aromatic heterocycles. The second-order valence-electron chi connectivity index (χ2n) is 2.76. The standard InChI is InChI=1S/C8H16N2S/c1-7(9)6-11-8(2)5-10(3)4/h6H,2,5,9H2,1,3-4H3/b7-6-. The van der Waals surface area contributed by atoms with Gasteiger partial charge in [-0.1, -0.05) is 6.58 Å². The summed E-state index contributed by atoms with van der Waals surface area (Å²) in [5.41, 5.74) is 6.29. The lowest BCUT2D eigenvalue weighted by molar-refractivity contribution is 0.454. The molecule has 0 spiro atoms. The van der Waals surface area contributed by atoms with Crippen molar-refractivity contribution in [2.75, 3.05) is 20.6 Å². The van der Waals surface area contributed by atoms with Crippen LogP contribution in [0.1, 0.15) is 6.92 Å². The van der Waals surface area contributed by atoms with E-state index in [0.717, 1.165) is 17.1 Å². The number of likely N-dealkylation sites (N-methyl/N-ethyl adjacent to an activating group) is 1. The second kappa shape index (κ2) is 5.27. The van der Waals surface area contributed by atoms with E-state index in [1.807, 2.05) is 26.4 Å². The third kappa shape index (κ3) is 7.49. The maximum Gasteiger partial charge on any atom is 0.0284 e. The van der Waals surface area contributed by atoms with Crippen LogP contribution < -0.4 is 5.73 Å². The summed E-state index contributed by atoms with van der Waals surface area (Å²) >= 11 is 1.59. The molecule has 0 saturated heterocycles. The Kier molecular flexibility index (Phi) is 5.07. The highest BCUT2D eigenvalue weighted by atomic mass is 32.2. The number of thioether (sulfide) groups is 1. The molecule has 64 valence electrons. The topological polar surface area (TPSA) is 29.3 Å². The first kappa shape index (κ1) is 10.6. The lowest BCUT2D eigenvalue weighted by Gasteiger charge is -2.09. The molecule has 0 amide bonds. The van der Waals surface area contributed by atoms with Gasteiger partial charge in [0.15, 0.2) is 0 Å². The summed E-state index contributed by atoms with van der Waals surface area (Å²) in [7, 11) is 4.04. The van der Waals surface area contributed by atoms with E-state index in [1.165, 1.54) is 0 Å². The fourth-order valence-corrected chi connectivity index (χ4v) is 1.25. The summed E-state index contributed by atoms with van der Waals surface area (Å²) in [6.07, 6.45) is 0. The molecule has 0 saturated carbocycles. The molecule has 0 aliphatic rings. The molecule has 0 bridgehead atoms. The van der Waals surface area contributed by atoms with Crippen molar-refractivity contribution in [3.63, 3.8) is 0 Å². The van der Waals surface area contributed by atoms with Crippen molar-refractivity contribution in [2.45, 2.75) is 6.92 Å². The van der Waals surface area contributed by atoms with E-state index >= 15 is 0 Å². The highest BCUT2D eigenvalue weighted by Crippen LogP contribution is 2.15. The van der Waals surface area contributed by atoms with Gasteiger partial charge in [0.2, 0.25) is 0 Å². The first-order valence-electron chi connectivity index (χ1n) is 3.43. The van der Waals surface area contributed by atoms with E-state index in [9.17, 15) is 0 Å². The molecule has 0 fully saturated rings. The van der Waals surface area contributed by atoms with Gasteiger partial charge in [-0.25, -0.2) is 0 Å². The molecule has 0 radical (unpaired) electrons. The van der Waals surface area contributed by atoms with E-state index in [1.54, 1.807) is 11.8 Å². The van der Waals surface area contributed by atoms with Crippen LogP contribution in [0.15, 0.2) is 22.6 Å². The molecule has 0 atom stereocenters. The number of hydrogen-bond donors (Lipinski definition) is 1. The Morgan fingerprint density at radius 2 is 2.18 bits per heavy atom. The fourth-order valence-electron chi connectivity index (χ4n) is 0.566. The van der Waals surface area contributed by atoms with E-state index in [-0.39, 0.29) is 0 Å². The van der Waals surface area contributed by atoms with Crippen LogP contribution in [0, 0.1) is 0 Å². The van der Waals surface area contributed by atoms with Crippen LogP contribution >= 0.6 is 11.8 Å². The van der Waals surface area contributed by atoms with Gasteiger partial charge < -0.3 is 10.6 Å². The van der Waals surface area contributed by atoms with Crippen molar-refractivity contribution in [1.82, 2.24) is 4.90 Å². The van der Waals surface area contributed by atoms with Gasteiger partial charge in [-0.05, 0) is 31.3 Å². The van der Waals surface area contributed by atoms with Crippen molar-refractivity contribution in [1.29, 1.82) is 0 Å².